The van der Waals surface area contributed by atoms with Gasteiger partial charge in [0.05, 0.1) is 6.04 Å². The molecule has 1 atom stereocenters. The fourth-order valence-corrected chi connectivity index (χ4v) is 1.92. The maximum Gasteiger partial charge on any atom is 0.123 e. The molecule has 0 aromatic heterocycles. The Labute approximate surface area is 117 Å². The van der Waals surface area contributed by atoms with E-state index in [1.807, 2.05) is 13.0 Å². The fraction of sp³-hybridized carbons (Fsp3) is 0.200. The van der Waals surface area contributed by atoms with E-state index >= 15 is 0 Å². The average Bonchev–Trinajstić information content (AvgIpc) is 2.36. The first-order valence-corrected chi connectivity index (χ1v) is 6.33. The standard InChI is InChI=1S/C15H15ClFNO/c1-10-6-11(8-13(17)7-10)15(18)9-19-14-4-2-12(16)3-5-14/h2-8,15H,9,18H2,1H3. The van der Waals surface area contributed by atoms with Gasteiger partial charge in [-0.3, -0.25) is 0 Å². The SMILES string of the molecule is Cc1cc(F)cc(C(N)COc2ccc(Cl)cc2)c1. The first-order valence-electron chi connectivity index (χ1n) is 5.95. The number of benzene rings is 2. The number of nitrogens with two attached hydrogens (primary N) is 1. The van der Waals surface area contributed by atoms with Crippen molar-refractivity contribution in [1.29, 1.82) is 0 Å². The van der Waals surface area contributed by atoms with Gasteiger partial charge in [-0.25, -0.2) is 4.39 Å². The van der Waals surface area contributed by atoms with E-state index < -0.39 is 0 Å². The molecule has 0 aliphatic heterocycles. The average molecular weight is 280 g/mol. The first-order chi connectivity index (χ1) is 9.04. The van der Waals surface area contributed by atoms with Crippen LogP contribution in [0, 0.1) is 12.7 Å². The van der Waals surface area contributed by atoms with Crippen LogP contribution in [0.15, 0.2) is 42.5 Å². The summed E-state index contributed by atoms with van der Waals surface area (Å²) >= 11 is 5.78. The summed E-state index contributed by atoms with van der Waals surface area (Å²) in [7, 11) is 0. The van der Waals surface area contributed by atoms with Crippen molar-refractivity contribution in [2.75, 3.05) is 6.61 Å². The van der Waals surface area contributed by atoms with Crippen molar-refractivity contribution in [3.8, 4) is 5.75 Å². The van der Waals surface area contributed by atoms with Crippen LogP contribution in [0.1, 0.15) is 17.2 Å². The van der Waals surface area contributed by atoms with Crippen LogP contribution in [0.3, 0.4) is 0 Å². The Morgan fingerprint density at radius 2 is 1.89 bits per heavy atom. The van der Waals surface area contributed by atoms with Crippen molar-refractivity contribution in [2.45, 2.75) is 13.0 Å². The molecule has 2 nitrogen and oxygen atoms in total. The number of aryl methyl sites for hydroxylation is 1. The molecule has 0 aliphatic rings. The molecule has 2 rings (SSSR count). The van der Waals surface area contributed by atoms with Gasteiger partial charge in [0.2, 0.25) is 0 Å². The molecule has 0 saturated carbocycles. The number of rotatable bonds is 4. The predicted octanol–water partition coefficient (Wildman–Crippen LogP) is 3.87. The van der Waals surface area contributed by atoms with E-state index in [1.165, 1.54) is 12.1 Å². The van der Waals surface area contributed by atoms with Gasteiger partial charge in [0.15, 0.2) is 0 Å². The Morgan fingerprint density at radius 3 is 2.53 bits per heavy atom. The molecule has 0 heterocycles. The number of ether oxygens (including phenoxy) is 1. The van der Waals surface area contributed by atoms with Crippen LogP contribution in [0.2, 0.25) is 5.02 Å². The molecule has 100 valence electrons. The fourth-order valence-electron chi connectivity index (χ4n) is 1.79. The predicted molar refractivity (Wildman–Crippen MR) is 75.0 cm³/mol. The van der Waals surface area contributed by atoms with Crippen LogP contribution >= 0.6 is 11.6 Å². The van der Waals surface area contributed by atoms with Gasteiger partial charge < -0.3 is 10.5 Å². The highest BCUT2D eigenvalue weighted by atomic mass is 35.5. The highest BCUT2D eigenvalue weighted by molar-refractivity contribution is 6.30. The Morgan fingerprint density at radius 1 is 1.21 bits per heavy atom. The van der Waals surface area contributed by atoms with E-state index in [0.717, 1.165) is 11.1 Å². The van der Waals surface area contributed by atoms with Gasteiger partial charge in [-0.2, -0.15) is 0 Å². The molecule has 0 spiro atoms. The van der Waals surface area contributed by atoms with Crippen LogP contribution in [-0.4, -0.2) is 6.61 Å². The molecule has 2 N–H and O–H groups in total. The molecule has 0 bridgehead atoms. The number of halogens is 2. The van der Waals surface area contributed by atoms with E-state index in [0.29, 0.717) is 10.8 Å². The van der Waals surface area contributed by atoms with Crippen molar-refractivity contribution in [3.63, 3.8) is 0 Å². The summed E-state index contributed by atoms with van der Waals surface area (Å²) in [5.74, 6) is 0.407. The highest BCUT2D eigenvalue weighted by Gasteiger charge is 2.09. The first kappa shape index (κ1) is 13.8. The zero-order valence-electron chi connectivity index (χ0n) is 10.6. The van der Waals surface area contributed by atoms with Gasteiger partial charge in [-0.1, -0.05) is 17.7 Å². The third-order valence-electron chi connectivity index (χ3n) is 2.74. The van der Waals surface area contributed by atoms with Gasteiger partial charge in [0, 0.05) is 5.02 Å². The molecule has 2 aromatic rings. The lowest BCUT2D eigenvalue weighted by Crippen LogP contribution is -2.19. The zero-order valence-corrected chi connectivity index (χ0v) is 11.3. The van der Waals surface area contributed by atoms with Crippen LogP contribution in [0.4, 0.5) is 4.39 Å². The van der Waals surface area contributed by atoms with Crippen LogP contribution < -0.4 is 10.5 Å². The Hall–Kier alpha value is -1.58. The molecule has 0 aliphatic carbocycles. The Kier molecular flexibility index (Phi) is 4.40. The molecule has 19 heavy (non-hydrogen) atoms. The third-order valence-corrected chi connectivity index (χ3v) is 2.99. The van der Waals surface area contributed by atoms with Gasteiger partial charge in [0.25, 0.3) is 0 Å². The second kappa shape index (κ2) is 6.04. The van der Waals surface area contributed by atoms with Gasteiger partial charge in [0.1, 0.15) is 18.2 Å². The smallest absolute Gasteiger partial charge is 0.123 e. The summed E-state index contributed by atoms with van der Waals surface area (Å²) < 4.78 is 18.8. The van der Waals surface area contributed by atoms with Crippen LogP contribution in [0.25, 0.3) is 0 Å². The van der Waals surface area contributed by atoms with Gasteiger partial charge in [-0.15, -0.1) is 0 Å². The Bertz CT molecular complexity index is 536. The number of hydrogen-bond donors (Lipinski definition) is 1. The Balaban J connectivity index is 2.00. The summed E-state index contributed by atoms with van der Waals surface area (Å²) in [6, 6.07) is 11.4. The summed E-state index contributed by atoms with van der Waals surface area (Å²) in [4.78, 5) is 0. The molecule has 0 amide bonds. The second-order valence-corrected chi connectivity index (χ2v) is 4.87. The minimum atomic E-state index is -0.370. The summed E-state index contributed by atoms with van der Waals surface area (Å²) in [6.07, 6.45) is 0. The second-order valence-electron chi connectivity index (χ2n) is 4.43. The van der Waals surface area contributed by atoms with Gasteiger partial charge in [-0.05, 0) is 54.4 Å². The van der Waals surface area contributed by atoms with Crippen molar-refractivity contribution in [3.05, 3.63) is 64.4 Å². The highest BCUT2D eigenvalue weighted by Crippen LogP contribution is 2.19. The van der Waals surface area contributed by atoms with E-state index in [2.05, 4.69) is 0 Å². The lowest BCUT2D eigenvalue weighted by atomic mass is 10.1. The van der Waals surface area contributed by atoms with Crippen molar-refractivity contribution < 1.29 is 9.13 Å². The molecule has 0 radical (unpaired) electrons. The molecule has 0 saturated heterocycles. The zero-order chi connectivity index (χ0) is 13.8. The van der Waals surface area contributed by atoms with E-state index in [9.17, 15) is 4.39 Å². The van der Waals surface area contributed by atoms with E-state index in [1.54, 1.807) is 24.3 Å². The normalized spacial score (nSPS) is 12.2. The molecule has 0 fully saturated rings. The topological polar surface area (TPSA) is 35.2 Å². The third kappa shape index (κ3) is 3.94. The molecular weight excluding hydrogens is 265 g/mol. The number of hydrogen-bond acceptors (Lipinski definition) is 2. The molecule has 2 aromatic carbocycles. The van der Waals surface area contributed by atoms with Crippen molar-refractivity contribution in [1.82, 2.24) is 0 Å². The monoisotopic (exact) mass is 279 g/mol. The van der Waals surface area contributed by atoms with E-state index in [4.69, 9.17) is 22.1 Å². The van der Waals surface area contributed by atoms with Crippen molar-refractivity contribution in [2.24, 2.45) is 5.73 Å². The largest absolute Gasteiger partial charge is 0.492 e. The molecular formula is C15H15ClFNO. The minimum absolute atomic E-state index is 0.281. The maximum absolute atomic E-state index is 13.3. The lowest BCUT2D eigenvalue weighted by Gasteiger charge is -2.14. The summed E-state index contributed by atoms with van der Waals surface area (Å²) in [6.45, 7) is 2.11. The van der Waals surface area contributed by atoms with E-state index in [-0.39, 0.29) is 18.5 Å². The van der Waals surface area contributed by atoms with Crippen LogP contribution in [0.5, 0.6) is 5.75 Å². The lowest BCUT2D eigenvalue weighted by molar-refractivity contribution is 0.290. The quantitative estimate of drug-likeness (QED) is 0.922. The van der Waals surface area contributed by atoms with Crippen molar-refractivity contribution >= 4 is 11.6 Å². The minimum Gasteiger partial charge on any atom is -0.492 e. The molecule has 1 unspecified atom stereocenters. The summed E-state index contributed by atoms with van der Waals surface area (Å²) in [5.41, 5.74) is 7.57. The van der Waals surface area contributed by atoms with Crippen LogP contribution in [-0.2, 0) is 0 Å². The molecule has 4 heteroatoms. The van der Waals surface area contributed by atoms with Gasteiger partial charge >= 0.3 is 0 Å². The summed E-state index contributed by atoms with van der Waals surface area (Å²) in [5, 5.41) is 0.650. The maximum atomic E-state index is 13.3.